The largest absolute Gasteiger partial charge is 0.364 e. The molecule has 2 aromatic heterocycles. The molecule has 0 spiro atoms. The zero-order valence-corrected chi connectivity index (χ0v) is 13.1. The lowest BCUT2D eigenvalue weighted by Gasteiger charge is -2.39. The van der Waals surface area contributed by atoms with Crippen LogP contribution in [-0.4, -0.2) is 49.5 Å². The van der Waals surface area contributed by atoms with Crippen molar-refractivity contribution in [2.45, 2.75) is 31.3 Å². The van der Waals surface area contributed by atoms with E-state index in [0.717, 1.165) is 24.4 Å². The molecule has 1 N–H and O–H groups in total. The van der Waals surface area contributed by atoms with E-state index in [9.17, 15) is 9.59 Å². The average Bonchev–Trinajstić information content (AvgIpc) is 3.38. The van der Waals surface area contributed by atoms with Crippen molar-refractivity contribution in [3.63, 3.8) is 0 Å². The fourth-order valence-electron chi connectivity index (χ4n) is 2.77. The summed E-state index contributed by atoms with van der Waals surface area (Å²) in [6.45, 7) is 1.24. The van der Waals surface area contributed by atoms with E-state index in [1.807, 2.05) is 0 Å². The zero-order chi connectivity index (χ0) is 16.5. The number of anilines is 1. The molecule has 8 nitrogen and oxygen atoms in total. The van der Waals surface area contributed by atoms with Crippen LogP contribution < -0.4 is 10.9 Å². The maximum absolute atomic E-state index is 12.3. The van der Waals surface area contributed by atoms with Crippen LogP contribution in [0.5, 0.6) is 0 Å². The highest BCUT2D eigenvalue weighted by Gasteiger charge is 2.31. The van der Waals surface area contributed by atoms with Crippen molar-refractivity contribution in [3.8, 4) is 0 Å². The molecule has 8 heteroatoms. The summed E-state index contributed by atoms with van der Waals surface area (Å²) in [6, 6.07) is 3.52. The van der Waals surface area contributed by atoms with Crippen LogP contribution >= 0.6 is 0 Å². The van der Waals surface area contributed by atoms with E-state index in [2.05, 4.69) is 20.3 Å². The van der Waals surface area contributed by atoms with E-state index in [-0.39, 0.29) is 24.1 Å². The first-order valence-electron chi connectivity index (χ1n) is 8.06. The minimum absolute atomic E-state index is 0.0387. The lowest BCUT2D eigenvalue weighted by molar-refractivity contribution is -0.135. The molecule has 0 atom stereocenters. The van der Waals surface area contributed by atoms with Gasteiger partial charge in [-0.3, -0.25) is 14.2 Å². The number of nitrogens with zero attached hydrogens (tertiary/aromatic N) is 5. The number of nitrogens with one attached hydrogen (secondary N) is 1. The van der Waals surface area contributed by atoms with Crippen LogP contribution in [0.25, 0.3) is 0 Å². The molecular formula is C16H18N6O2. The minimum atomic E-state index is -0.156. The van der Waals surface area contributed by atoms with Crippen LogP contribution in [0.1, 0.15) is 24.5 Å². The van der Waals surface area contributed by atoms with Crippen molar-refractivity contribution >= 4 is 11.7 Å². The van der Waals surface area contributed by atoms with E-state index < -0.39 is 0 Å². The first-order chi connectivity index (χ1) is 11.7. The van der Waals surface area contributed by atoms with E-state index in [1.54, 1.807) is 23.2 Å². The standard InChI is InChI=1S/C16H18N6O2/c23-15-5-13(11-1-2-11)19-10-22(15)8-16(24)21-6-12(7-21)20-14-3-4-17-9-18-14/h3-5,9-12H,1-2,6-8H2,(H,17,18,20). The van der Waals surface area contributed by atoms with Crippen LogP contribution in [0.2, 0.25) is 0 Å². The number of aromatic nitrogens is 4. The molecule has 1 saturated heterocycles. The van der Waals surface area contributed by atoms with Crippen molar-refractivity contribution in [1.82, 2.24) is 24.4 Å². The summed E-state index contributed by atoms with van der Waals surface area (Å²) in [5.41, 5.74) is 0.693. The molecule has 1 aliphatic heterocycles. The van der Waals surface area contributed by atoms with Gasteiger partial charge in [-0.25, -0.2) is 15.0 Å². The van der Waals surface area contributed by atoms with Gasteiger partial charge in [0.1, 0.15) is 18.7 Å². The van der Waals surface area contributed by atoms with Crippen LogP contribution in [0.4, 0.5) is 5.82 Å². The Kier molecular flexibility index (Phi) is 3.72. The highest BCUT2D eigenvalue weighted by molar-refractivity contribution is 5.77. The normalized spacial score (nSPS) is 17.4. The monoisotopic (exact) mass is 326 g/mol. The molecule has 2 fully saturated rings. The van der Waals surface area contributed by atoms with Gasteiger partial charge in [-0.15, -0.1) is 0 Å². The first-order valence-corrected chi connectivity index (χ1v) is 8.06. The Morgan fingerprint density at radius 2 is 2.12 bits per heavy atom. The van der Waals surface area contributed by atoms with Crippen molar-refractivity contribution in [2.24, 2.45) is 0 Å². The van der Waals surface area contributed by atoms with E-state index >= 15 is 0 Å². The first kappa shape index (κ1) is 14.8. The summed E-state index contributed by atoms with van der Waals surface area (Å²) in [7, 11) is 0. The van der Waals surface area contributed by atoms with Gasteiger partial charge in [0, 0.05) is 31.3 Å². The molecule has 24 heavy (non-hydrogen) atoms. The van der Waals surface area contributed by atoms with Gasteiger partial charge in [0.25, 0.3) is 5.56 Å². The van der Waals surface area contributed by atoms with Gasteiger partial charge in [0.05, 0.1) is 18.1 Å². The van der Waals surface area contributed by atoms with Crippen LogP contribution in [-0.2, 0) is 11.3 Å². The molecule has 1 amide bonds. The predicted octanol–water partition coefficient (Wildman–Crippen LogP) is 0.234. The van der Waals surface area contributed by atoms with Crippen LogP contribution in [0.15, 0.2) is 35.8 Å². The summed E-state index contributed by atoms with van der Waals surface area (Å²) in [4.78, 5) is 38.3. The number of rotatable bonds is 5. The third-order valence-corrected chi connectivity index (χ3v) is 4.37. The van der Waals surface area contributed by atoms with Crippen molar-refractivity contribution in [1.29, 1.82) is 0 Å². The van der Waals surface area contributed by atoms with Gasteiger partial charge < -0.3 is 10.2 Å². The second-order valence-electron chi connectivity index (χ2n) is 6.29. The summed E-state index contributed by atoms with van der Waals surface area (Å²) >= 11 is 0. The van der Waals surface area contributed by atoms with Crippen molar-refractivity contribution in [2.75, 3.05) is 18.4 Å². The molecule has 0 unspecified atom stereocenters. The van der Waals surface area contributed by atoms with Gasteiger partial charge in [0.2, 0.25) is 5.91 Å². The number of hydrogen-bond acceptors (Lipinski definition) is 6. The highest BCUT2D eigenvalue weighted by atomic mass is 16.2. The fraction of sp³-hybridized carbons (Fsp3) is 0.438. The van der Waals surface area contributed by atoms with Gasteiger partial charge in [-0.2, -0.15) is 0 Å². The Morgan fingerprint density at radius 1 is 1.29 bits per heavy atom. The summed E-state index contributed by atoms with van der Waals surface area (Å²) in [6.07, 6.45) is 6.84. The predicted molar refractivity (Wildman–Crippen MR) is 86.5 cm³/mol. The molecule has 1 saturated carbocycles. The van der Waals surface area contributed by atoms with Crippen LogP contribution in [0.3, 0.4) is 0 Å². The van der Waals surface area contributed by atoms with E-state index in [1.165, 1.54) is 17.2 Å². The number of carbonyl (C=O) groups excluding carboxylic acids is 1. The molecule has 124 valence electrons. The Hall–Kier alpha value is -2.77. The summed E-state index contributed by atoms with van der Waals surface area (Å²) in [5.74, 6) is 1.11. The Labute approximate surface area is 138 Å². The van der Waals surface area contributed by atoms with Gasteiger partial charge in [-0.1, -0.05) is 0 Å². The fourth-order valence-corrected chi connectivity index (χ4v) is 2.77. The third kappa shape index (κ3) is 3.12. The second-order valence-corrected chi connectivity index (χ2v) is 6.29. The lowest BCUT2D eigenvalue weighted by atomic mass is 10.1. The molecule has 0 aromatic carbocycles. The molecule has 2 aromatic rings. The van der Waals surface area contributed by atoms with Gasteiger partial charge in [0.15, 0.2) is 0 Å². The van der Waals surface area contributed by atoms with E-state index in [0.29, 0.717) is 19.0 Å². The molecule has 1 aliphatic carbocycles. The smallest absolute Gasteiger partial charge is 0.254 e. The Balaban J connectivity index is 1.31. The topological polar surface area (TPSA) is 93.0 Å². The number of likely N-dealkylation sites (tertiary alicyclic amines) is 1. The van der Waals surface area contributed by atoms with Crippen molar-refractivity contribution in [3.05, 3.63) is 47.0 Å². The Bertz CT molecular complexity index is 796. The molecule has 0 bridgehead atoms. The second kappa shape index (κ2) is 6.03. The maximum Gasteiger partial charge on any atom is 0.254 e. The lowest BCUT2D eigenvalue weighted by Crippen LogP contribution is -2.58. The molecule has 3 heterocycles. The van der Waals surface area contributed by atoms with E-state index in [4.69, 9.17) is 0 Å². The maximum atomic E-state index is 12.3. The van der Waals surface area contributed by atoms with Gasteiger partial charge >= 0.3 is 0 Å². The summed E-state index contributed by atoms with van der Waals surface area (Å²) < 4.78 is 1.37. The highest BCUT2D eigenvalue weighted by Crippen LogP contribution is 2.38. The third-order valence-electron chi connectivity index (χ3n) is 4.37. The van der Waals surface area contributed by atoms with Crippen LogP contribution in [0, 0.1) is 0 Å². The average molecular weight is 326 g/mol. The number of amides is 1. The molecular weight excluding hydrogens is 308 g/mol. The quantitative estimate of drug-likeness (QED) is 0.846. The SMILES string of the molecule is O=C(Cn1cnc(C2CC2)cc1=O)N1CC(Nc2ccncn2)C1. The van der Waals surface area contributed by atoms with Gasteiger partial charge in [-0.05, 0) is 18.9 Å². The molecule has 2 aliphatic rings. The van der Waals surface area contributed by atoms with Crippen molar-refractivity contribution < 1.29 is 4.79 Å². The zero-order valence-electron chi connectivity index (χ0n) is 13.1. The molecule has 0 radical (unpaired) electrons. The summed E-state index contributed by atoms with van der Waals surface area (Å²) in [5, 5.41) is 3.24. The molecule has 4 rings (SSSR count). The Morgan fingerprint density at radius 3 is 2.79 bits per heavy atom. The minimum Gasteiger partial charge on any atom is -0.364 e. The number of carbonyl (C=O) groups is 1. The number of hydrogen-bond donors (Lipinski definition) is 1.